The van der Waals surface area contributed by atoms with Crippen LogP contribution in [-0.2, 0) is 0 Å². The summed E-state index contributed by atoms with van der Waals surface area (Å²) in [6, 6.07) is 12.5. The lowest BCUT2D eigenvalue weighted by Gasteiger charge is -2.35. The highest BCUT2D eigenvalue weighted by molar-refractivity contribution is 7.22. The van der Waals surface area contributed by atoms with E-state index in [2.05, 4.69) is 26.9 Å². The van der Waals surface area contributed by atoms with Crippen molar-refractivity contribution in [2.45, 2.75) is 0 Å². The average Bonchev–Trinajstić information content (AvgIpc) is 3.00. The van der Waals surface area contributed by atoms with Crippen LogP contribution in [-0.4, -0.2) is 31.2 Å². The first-order valence-corrected chi connectivity index (χ1v) is 8.33. The summed E-state index contributed by atoms with van der Waals surface area (Å²) < 4.78 is 27.7. The minimum Gasteiger partial charge on any atom is -0.368 e. The number of halogens is 2. The summed E-state index contributed by atoms with van der Waals surface area (Å²) >= 11 is 1.35. The highest BCUT2D eigenvalue weighted by atomic mass is 32.1. The summed E-state index contributed by atoms with van der Waals surface area (Å²) in [5.41, 5.74) is 1.47. The van der Waals surface area contributed by atoms with E-state index in [1.165, 1.54) is 23.1 Å². The lowest BCUT2D eigenvalue weighted by Crippen LogP contribution is -2.46. The van der Waals surface area contributed by atoms with Gasteiger partial charge >= 0.3 is 0 Å². The molecule has 3 nitrogen and oxygen atoms in total. The van der Waals surface area contributed by atoms with Gasteiger partial charge in [-0.15, -0.1) is 0 Å². The molecule has 2 aromatic carbocycles. The van der Waals surface area contributed by atoms with Crippen molar-refractivity contribution in [3.05, 3.63) is 54.1 Å². The predicted octanol–water partition coefficient (Wildman–Crippen LogP) is 3.90. The molecule has 6 heteroatoms. The summed E-state index contributed by atoms with van der Waals surface area (Å²) in [5.74, 6) is -1.15. The Morgan fingerprint density at radius 2 is 1.61 bits per heavy atom. The molecule has 3 aromatic rings. The van der Waals surface area contributed by atoms with E-state index in [-0.39, 0.29) is 5.52 Å². The standard InChI is InChI=1S/C17H15F2N3S/c18-12-10-14(19)16-15(11-12)23-17(20-16)22-8-6-21(7-9-22)13-4-2-1-3-5-13/h1-5,10-11H,6-9H2. The first-order chi connectivity index (χ1) is 11.2. The fourth-order valence-electron chi connectivity index (χ4n) is 2.88. The number of anilines is 2. The third kappa shape index (κ3) is 2.74. The van der Waals surface area contributed by atoms with Crippen LogP contribution in [0.3, 0.4) is 0 Å². The fraction of sp³-hybridized carbons (Fsp3) is 0.235. The number of aromatic nitrogens is 1. The van der Waals surface area contributed by atoms with Gasteiger partial charge < -0.3 is 9.80 Å². The van der Waals surface area contributed by atoms with Crippen LogP contribution in [0.2, 0.25) is 0 Å². The summed E-state index contributed by atoms with van der Waals surface area (Å²) in [7, 11) is 0. The number of hydrogen-bond donors (Lipinski definition) is 0. The highest BCUT2D eigenvalue weighted by Gasteiger charge is 2.21. The number of piperazine rings is 1. The van der Waals surface area contributed by atoms with Crippen LogP contribution in [0.5, 0.6) is 0 Å². The summed E-state index contributed by atoms with van der Waals surface area (Å²) in [6.45, 7) is 3.41. The largest absolute Gasteiger partial charge is 0.368 e. The van der Waals surface area contributed by atoms with Crippen LogP contribution < -0.4 is 9.80 Å². The van der Waals surface area contributed by atoms with E-state index in [0.29, 0.717) is 4.70 Å². The smallest absolute Gasteiger partial charge is 0.186 e. The molecule has 2 heterocycles. The first-order valence-electron chi connectivity index (χ1n) is 7.51. The van der Waals surface area contributed by atoms with Gasteiger partial charge in [0.2, 0.25) is 0 Å². The molecule has 0 atom stereocenters. The van der Waals surface area contributed by atoms with Crippen molar-refractivity contribution in [1.29, 1.82) is 0 Å². The van der Waals surface area contributed by atoms with E-state index in [4.69, 9.17) is 0 Å². The van der Waals surface area contributed by atoms with Gasteiger partial charge in [-0.25, -0.2) is 13.8 Å². The number of thiazole rings is 1. The van der Waals surface area contributed by atoms with Crippen molar-refractivity contribution >= 4 is 32.4 Å². The van der Waals surface area contributed by atoms with Crippen LogP contribution in [0.15, 0.2) is 42.5 Å². The minimum absolute atomic E-state index is 0.261. The highest BCUT2D eigenvalue weighted by Crippen LogP contribution is 2.31. The molecule has 23 heavy (non-hydrogen) atoms. The van der Waals surface area contributed by atoms with E-state index in [1.807, 2.05) is 18.2 Å². The number of hydrogen-bond acceptors (Lipinski definition) is 4. The van der Waals surface area contributed by atoms with Crippen LogP contribution in [0.4, 0.5) is 19.6 Å². The van der Waals surface area contributed by atoms with Gasteiger partial charge in [0.05, 0.1) is 4.70 Å². The molecule has 0 radical (unpaired) electrons. The van der Waals surface area contributed by atoms with Crippen LogP contribution in [0, 0.1) is 11.6 Å². The molecule has 0 aliphatic carbocycles. The number of rotatable bonds is 2. The maximum Gasteiger partial charge on any atom is 0.186 e. The zero-order valence-electron chi connectivity index (χ0n) is 12.4. The van der Waals surface area contributed by atoms with Crippen LogP contribution in [0.1, 0.15) is 0 Å². The second-order valence-electron chi connectivity index (χ2n) is 5.54. The number of nitrogens with zero attached hydrogens (tertiary/aromatic N) is 3. The Morgan fingerprint density at radius 3 is 2.35 bits per heavy atom. The molecule has 0 N–H and O–H groups in total. The lowest BCUT2D eigenvalue weighted by molar-refractivity contribution is 0.591. The Balaban J connectivity index is 1.53. The molecule has 1 aromatic heterocycles. The predicted molar refractivity (Wildman–Crippen MR) is 90.4 cm³/mol. The normalized spacial score (nSPS) is 15.4. The van der Waals surface area contributed by atoms with Crippen molar-refractivity contribution in [1.82, 2.24) is 4.98 Å². The van der Waals surface area contributed by atoms with Gasteiger partial charge in [-0.2, -0.15) is 0 Å². The zero-order valence-corrected chi connectivity index (χ0v) is 13.2. The van der Waals surface area contributed by atoms with Crippen molar-refractivity contribution < 1.29 is 8.78 Å². The maximum absolute atomic E-state index is 13.8. The van der Waals surface area contributed by atoms with Gasteiger partial charge in [0.1, 0.15) is 11.3 Å². The zero-order chi connectivity index (χ0) is 15.8. The Hall–Kier alpha value is -2.21. The second-order valence-corrected chi connectivity index (χ2v) is 6.55. The monoisotopic (exact) mass is 331 g/mol. The molecule has 4 rings (SSSR count). The van der Waals surface area contributed by atoms with Gasteiger partial charge in [0.25, 0.3) is 0 Å². The Morgan fingerprint density at radius 1 is 0.913 bits per heavy atom. The van der Waals surface area contributed by atoms with E-state index < -0.39 is 11.6 Å². The van der Waals surface area contributed by atoms with Gasteiger partial charge in [-0.3, -0.25) is 0 Å². The molecule has 1 aliphatic heterocycles. The average molecular weight is 331 g/mol. The summed E-state index contributed by atoms with van der Waals surface area (Å²) in [6.07, 6.45) is 0. The van der Waals surface area contributed by atoms with E-state index in [0.717, 1.165) is 37.4 Å². The molecule has 1 saturated heterocycles. The van der Waals surface area contributed by atoms with Crippen molar-refractivity contribution in [2.75, 3.05) is 36.0 Å². The van der Waals surface area contributed by atoms with Gasteiger partial charge in [0.15, 0.2) is 10.9 Å². The molecule has 1 aliphatic rings. The van der Waals surface area contributed by atoms with E-state index in [9.17, 15) is 8.78 Å². The molecule has 0 unspecified atom stereocenters. The van der Waals surface area contributed by atoms with Crippen molar-refractivity contribution in [2.24, 2.45) is 0 Å². The summed E-state index contributed by atoms with van der Waals surface area (Å²) in [5, 5.41) is 0.761. The minimum atomic E-state index is -0.592. The number of benzene rings is 2. The van der Waals surface area contributed by atoms with Gasteiger partial charge in [-0.1, -0.05) is 29.5 Å². The summed E-state index contributed by atoms with van der Waals surface area (Å²) in [4.78, 5) is 8.82. The molecule has 0 amide bonds. The third-order valence-corrected chi connectivity index (χ3v) is 5.14. The molecule has 118 valence electrons. The topological polar surface area (TPSA) is 19.4 Å². The van der Waals surface area contributed by atoms with Crippen molar-refractivity contribution in [3.8, 4) is 0 Å². The molecule has 1 fully saturated rings. The van der Waals surface area contributed by atoms with E-state index in [1.54, 1.807) is 0 Å². The molecule has 0 spiro atoms. The molecule has 0 saturated carbocycles. The third-order valence-electron chi connectivity index (χ3n) is 4.07. The van der Waals surface area contributed by atoms with E-state index >= 15 is 0 Å². The molecular formula is C17H15F2N3S. The van der Waals surface area contributed by atoms with Crippen LogP contribution >= 0.6 is 11.3 Å². The Kier molecular flexibility index (Phi) is 3.61. The fourth-order valence-corrected chi connectivity index (χ4v) is 3.93. The maximum atomic E-state index is 13.8. The first kappa shape index (κ1) is 14.4. The van der Waals surface area contributed by atoms with Crippen LogP contribution in [0.25, 0.3) is 10.2 Å². The molecular weight excluding hydrogens is 316 g/mol. The number of fused-ring (bicyclic) bond motifs is 1. The number of para-hydroxylation sites is 1. The Labute approximate surface area is 136 Å². The quantitative estimate of drug-likeness (QED) is 0.710. The second kappa shape index (κ2) is 5.77. The SMILES string of the molecule is Fc1cc(F)c2nc(N3CCN(c4ccccc4)CC3)sc2c1. The Bertz CT molecular complexity index is 826. The molecule has 0 bridgehead atoms. The van der Waals surface area contributed by atoms with Crippen molar-refractivity contribution in [3.63, 3.8) is 0 Å². The lowest BCUT2D eigenvalue weighted by atomic mass is 10.2. The van der Waals surface area contributed by atoms with Gasteiger partial charge in [-0.05, 0) is 18.2 Å². The van der Waals surface area contributed by atoms with Gasteiger partial charge in [0, 0.05) is 37.9 Å².